The van der Waals surface area contributed by atoms with E-state index in [9.17, 15) is 4.79 Å². The maximum atomic E-state index is 11.5. The van der Waals surface area contributed by atoms with Crippen LogP contribution in [-0.4, -0.2) is 24.3 Å². The summed E-state index contributed by atoms with van der Waals surface area (Å²) in [6, 6.07) is 0. The van der Waals surface area contributed by atoms with E-state index in [0.29, 0.717) is 12.5 Å². The minimum Gasteiger partial charge on any atom is -0.466 e. The summed E-state index contributed by atoms with van der Waals surface area (Å²) < 4.78 is 5.02. The summed E-state index contributed by atoms with van der Waals surface area (Å²) in [6.07, 6.45) is 6.16. The Morgan fingerprint density at radius 2 is 2.00 bits per heavy atom. The number of esters is 1. The molecule has 0 bridgehead atoms. The van der Waals surface area contributed by atoms with Crippen LogP contribution in [0, 0.1) is 11.8 Å². The molecule has 3 heteroatoms. The van der Waals surface area contributed by atoms with Crippen molar-refractivity contribution in [2.45, 2.75) is 45.4 Å². The molecule has 0 aliphatic heterocycles. The second-order valence-electron chi connectivity index (χ2n) is 4.34. The number of hydrogen-bond acceptors (Lipinski definition) is 3. The Balaban J connectivity index is 2.20. The predicted molar refractivity (Wildman–Crippen MR) is 58.4 cm³/mol. The van der Waals surface area contributed by atoms with E-state index in [2.05, 4.69) is 0 Å². The molecule has 1 N–H and O–H groups in total. The number of aliphatic hydroxyl groups excluding tert-OH is 1. The Morgan fingerprint density at radius 3 is 2.53 bits per heavy atom. The minimum absolute atomic E-state index is 0.0156. The first kappa shape index (κ1) is 12.5. The van der Waals surface area contributed by atoms with Gasteiger partial charge in [0.25, 0.3) is 0 Å². The molecule has 0 saturated heterocycles. The van der Waals surface area contributed by atoms with Gasteiger partial charge in [-0.1, -0.05) is 0 Å². The highest BCUT2D eigenvalue weighted by molar-refractivity contribution is 5.72. The molecule has 0 amide bonds. The molecular weight excluding hydrogens is 192 g/mol. The van der Waals surface area contributed by atoms with E-state index in [-0.39, 0.29) is 18.5 Å². The molecule has 1 rings (SSSR count). The van der Waals surface area contributed by atoms with Crippen LogP contribution in [0.1, 0.15) is 45.4 Å². The fraction of sp³-hybridized carbons (Fsp3) is 0.917. The van der Waals surface area contributed by atoms with Gasteiger partial charge in [0.15, 0.2) is 0 Å². The lowest BCUT2D eigenvalue weighted by atomic mass is 9.80. The van der Waals surface area contributed by atoms with E-state index in [1.165, 1.54) is 0 Å². The molecule has 0 spiro atoms. The highest BCUT2D eigenvalue weighted by atomic mass is 16.5. The molecule has 1 saturated carbocycles. The van der Waals surface area contributed by atoms with Gasteiger partial charge in [-0.25, -0.2) is 0 Å². The Morgan fingerprint density at radius 1 is 1.33 bits per heavy atom. The summed E-state index contributed by atoms with van der Waals surface area (Å²) in [5.41, 5.74) is 0. The third-order valence-corrected chi connectivity index (χ3v) is 3.24. The number of carbonyl (C=O) groups excluding carboxylic acids is 1. The van der Waals surface area contributed by atoms with Gasteiger partial charge in [-0.15, -0.1) is 0 Å². The second-order valence-corrected chi connectivity index (χ2v) is 4.34. The number of ether oxygens (including phenoxy) is 1. The molecule has 1 aliphatic carbocycles. The summed E-state index contributed by atoms with van der Waals surface area (Å²) >= 11 is 0. The Kier molecular flexibility index (Phi) is 5.69. The molecule has 1 fully saturated rings. The highest BCUT2D eigenvalue weighted by Crippen LogP contribution is 2.32. The van der Waals surface area contributed by atoms with Gasteiger partial charge in [-0.2, -0.15) is 0 Å². The van der Waals surface area contributed by atoms with Crippen LogP contribution in [0.3, 0.4) is 0 Å². The van der Waals surface area contributed by atoms with Gasteiger partial charge < -0.3 is 9.84 Å². The first-order valence-electron chi connectivity index (χ1n) is 6.05. The van der Waals surface area contributed by atoms with E-state index in [0.717, 1.165) is 38.5 Å². The summed E-state index contributed by atoms with van der Waals surface area (Å²) in [5, 5.41) is 8.73. The van der Waals surface area contributed by atoms with Crippen molar-refractivity contribution in [1.82, 2.24) is 0 Å². The van der Waals surface area contributed by atoms with Crippen molar-refractivity contribution in [3.8, 4) is 0 Å². The zero-order chi connectivity index (χ0) is 11.1. The van der Waals surface area contributed by atoms with Crippen LogP contribution in [0.25, 0.3) is 0 Å². The van der Waals surface area contributed by atoms with Crippen molar-refractivity contribution in [3.63, 3.8) is 0 Å². The smallest absolute Gasteiger partial charge is 0.308 e. The third-order valence-electron chi connectivity index (χ3n) is 3.24. The molecule has 0 aromatic heterocycles. The Labute approximate surface area is 91.8 Å². The number of hydrogen-bond donors (Lipinski definition) is 1. The Bertz CT molecular complexity index is 183. The van der Waals surface area contributed by atoms with Crippen molar-refractivity contribution in [2.24, 2.45) is 11.8 Å². The minimum atomic E-state index is -0.0156. The average molecular weight is 214 g/mol. The fourth-order valence-electron chi connectivity index (χ4n) is 2.33. The van der Waals surface area contributed by atoms with Crippen LogP contribution in [-0.2, 0) is 9.53 Å². The normalized spacial score (nSPS) is 26.3. The van der Waals surface area contributed by atoms with Crippen molar-refractivity contribution in [1.29, 1.82) is 0 Å². The van der Waals surface area contributed by atoms with Gasteiger partial charge in [0.1, 0.15) is 0 Å². The molecule has 15 heavy (non-hydrogen) atoms. The molecule has 0 aromatic carbocycles. The summed E-state index contributed by atoms with van der Waals surface area (Å²) in [6.45, 7) is 2.63. The molecule has 88 valence electrons. The average Bonchev–Trinajstić information content (AvgIpc) is 2.27. The van der Waals surface area contributed by atoms with Crippen molar-refractivity contribution in [2.75, 3.05) is 13.2 Å². The van der Waals surface area contributed by atoms with Gasteiger partial charge in [-0.3, -0.25) is 4.79 Å². The lowest BCUT2D eigenvalue weighted by Crippen LogP contribution is -2.23. The summed E-state index contributed by atoms with van der Waals surface area (Å²) in [5.74, 6) is 0.830. The number of carbonyl (C=O) groups is 1. The second kappa shape index (κ2) is 6.83. The molecule has 0 radical (unpaired) electrons. The van der Waals surface area contributed by atoms with Crippen LogP contribution >= 0.6 is 0 Å². The first-order valence-corrected chi connectivity index (χ1v) is 6.05. The third kappa shape index (κ3) is 4.20. The van der Waals surface area contributed by atoms with Crippen LogP contribution in [0.4, 0.5) is 0 Å². The zero-order valence-corrected chi connectivity index (χ0v) is 9.58. The van der Waals surface area contributed by atoms with Gasteiger partial charge in [0.05, 0.1) is 12.5 Å². The number of rotatable bonds is 5. The first-order chi connectivity index (χ1) is 7.27. The van der Waals surface area contributed by atoms with E-state index in [1.807, 2.05) is 6.92 Å². The lowest BCUT2D eigenvalue weighted by molar-refractivity contribution is -0.149. The van der Waals surface area contributed by atoms with Gasteiger partial charge >= 0.3 is 5.97 Å². The lowest BCUT2D eigenvalue weighted by Gasteiger charge is -2.26. The van der Waals surface area contributed by atoms with Crippen LogP contribution in [0.2, 0.25) is 0 Å². The topological polar surface area (TPSA) is 46.5 Å². The molecule has 0 atom stereocenters. The monoisotopic (exact) mass is 214 g/mol. The largest absolute Gasteiger partial charge is 0.466 e. The SMILES string of the molecule is CCOC(=O)C1CCC(CCCO)CC1. The Hall–Kier alpha value is -0.570. The molecule has 0 heterocycles. The molecule has 0 unspecified atom stereocenters. The van der Waals surface area contributed by atoms with Crippen molar-refractivity contribution in [3.05, 3.63) is 0 Å². The molecular formula is C12H22O3. The molecule has 1 aliphatic rings. The zero-order valence-electron chi connectivity index (χ0n) is 9.58. The number of aliphatic hydroxyl groups is 1. The van der Waals surface area contributed by atoms with E-state index >= 15 is 0 Å². The molecule has 0 aromatic rings. The van der Waals surface area contributed by atoms with Crippen LogP contribution < -0.4 is 0 Å². The van der Waals surface area contributed by atoms with E-state index < -0.39 is 0 Å². The summed E-state index contributed by atoms with van der Waals surface area (Å²) in [7, 11) is 0. The van der Waals surface area contributed by atoms with Crippen molar-refractivity contribution >= 4 is 5.97 Å². The van der Waals surface area contributed by atoms with E-state index in [1.54, 1.807) is 0 Å². The maximum absolute atomic E-state index is 11.5. The maximum Gasteiger partial charge on any atom is 0.308 e. The summed E-state index contributed by atoms with van der Waals surface area (Å²) in [4.78, 5) is 11.5. The van der Waals surface area contributed by atoms with E-state index in [4.69, 9.17) is 9.84 Å². The highest BCUT2D eigenvalue weighted by Gasteiger charge is 2.26. The van der Waals surface area contributed by atoms with Gasteiger partial charge in [0, 0.05) is 6.61 Å². The predicted octanol–water partition coefficient (Wildman–Crippen LogP) is 2.13. The van der Waals surface area contributed by atoms with Crippen LogP contribution in [0.15, 0.2) is 0 Å². The standard InChI is InChI=1S/C12H22O3/c1-2-15-12(14)11-7-5-10(6-8-11)4-3-9-13/h10-11,13H,2-9H2,1H3. The quantitative estimate of drug-likeness (QED) is 0.713. The van der Waals surface area contributed by atoms with Crippen LogP contribution in [0.5, 0.6) is 0 Å². The molecule has 3 nitrogen and oxygen atoms in total. The van der Waals surface area contributed by atoms with Gasteiger partial charge in [0.2, 0.25) is 0 Å². The fourth-order valence-corrected chi connectivity index (χ4v) is 2.33. The van der Waals surface area contributed by atoms with Crippen molar-refractivity contribution < 1.29 is 14.6 Å². The van der Waals surface area contributed by atoms with Gasteiger partial charge in [-0.05, 0) is 51.4 Å².